The summed E-state index contributed by atoms with van der Waals surface area (Å²) >= 11 is 0. The van der Waals surface area contributed by atoms with Crippen LogP contribution in [0.25, 0.3) is 0 Å². The molecule has 0 amide bonds. The standard InChI is InChI=1S/C8H13N3O/c1-11-8(9)5-6(10-11)7-3-2-4-12-7/h5,7H,2-4,9H2,1H3. The van der Waals surface area contributed by atoms with Gasteiger partial charge in [-0.05, 0) is 12.8 Å². The Morgan fingerprint density at radius 3 is 3.08 bits per heavy atom. The number of nitrogens with zero attached hydrogens (tertiary/aromatic N) is 2. The van der Waals surface area contributed by atoms with Gasteiger partial charge in [-0.3, -0.25) is 4.68 Å². The maximum absolute atomic E-state index is 5.65. The molecule has 2 rings (SSSR count). The van der Waals surface area contributed by atoms with Crippen molar-refractivity contribution < 1.29 is 4.74 Å². The highest BCUT2D eigenvalue weighted by Crippen LogP contribution is 2.27. The van der Waals surface area contributed by atoms with Crippen molar-refractivity contribution in [2.45, 2.75) is 18.9 Å². The van der Waals surface area contributed by atoms with Gasteiger partial charge in [-0.25, -0.2) is 0 Å². The fourth-order valence-electron chi connectivity index (χ4n) is 1.47. The molecule has 0 spiro atoms. The predicted octanol–water partition coefficient (Wildman–Crippen LogP) is 0.854. The molecule has 1 unspecified atom stereocenters. The number of anilines is 1. The molecular weight excluding hydrogens is 154 g/mol. The van der Waals surface area contributed by atoms with Gasteiger partial charge in [-0.2, -0.15) is 5.10 Å². The largest absolute Gasteiger partial charge is 0.384 e. The molecule has 0 bridgehead atoms. The van der Waals surface area contributed by atoms with Gasteiger partial charge in [0, 0.05) is 19.7 Å². The van der Waals surface area contributed by atoms with Crippen LogP contribution < -0.4 is 5.73 Å². The highest BCUT2D eigenvalue weighted by molar-refractivity contribution is 5.31. The minimum Gasteiger partial charge on any atom is -0.384 e. The molecule has 2 N–H and O–H groups in total. The summed E-state index contributed by atoms with van der Waals surface area (Å²) in [4.78, 5) is 0. The van der Waals surface area contributed by atoms with Crippen LogP contribution in [0.5, 0.6) is 0 Å². The van der Waals surface area contributed by atoms with Crippen LogP contribution in [0, 0.1) is 0 Å². The quantitative estimate of drug-likeness (QED) is 0.674. The van der Waals surface area contributed by atoms with Crippen LogP contribution in [0.2, 0.25) is 0 Å². The molecule has 0 aliphatic carbocycles. The van der Waals surface area contributed by atoms with E-state index in [1.807, 2.05) is 13.1 Å². The molecular formula is C8H13N3O. The SMILES string of the molecule is Cn1nc(C2CCCO2)cc1N. The molecule has 0 radical (unpaired) electrons. The van der Waals surface area contributed by atoms with E-state index >= 15 is 0 Å². The molecule has 1 aromatic heterocycles. The number of aromatic nitrogens is 2. The van der Waals surface area contributed by atoms with Crippen molar-refractivity contribution >= 4 is 5.82 Å². The van der Waals surface area contributed by atoms with Crippen LogP contribution >= 0.6 is 0 Å². The van der Waals surface area contributed by atoms with E-state index in [0.717, 1.165) is 25.1 Å². The van der Waals surface area contributed by atoms with Crippen LogP contribution in [0.15, 0.2) is 6.07 Å². The lowest BCUT2D eigenvalue weighted by Gasteiger charge is -2.03. The predicted molar refractivity (Wildman–Crippen MR) is 45.5 cm³/mol. The van der Waals surface area contributed by atoms with Gasteiger partial charge in [0.2, 0.25) is 0 Å². The number of hydrogen-bond acceptors (Lipinski definition) is 3. The molecule has 1 aliphatic heterocycles. The average Bonchev–Trinajstić information content (AvgIpc) is 2.61. The maximum Gasteiger partial charge on any atom is 0.121 e. The normalized spacial score (nSPS) is 23.2. The van der Waals surface area contributed by atoms with Crippen LogP contribution in [0.4, 0.5) is 5.82 Å². The maximum atomic E-state index is 5.65. The van der Waals surface area contributed by atoms with E-state index in [-0.39, 0.29) is 6.10 Å². The molecule has 66 valence electrons. The third kappa shape index (κ3) is 1.18. The fraction of sp³-hybridized carbons (Fsp3) is 0.625. The van der Waals surface area contributed by atoms with E-state index in [1.54, 1.807) is 4.68 Å². The molecule has 1 aliphatic rings. The Labute approximate surface area is 71.3 Å². The van der Waals surface area contributed by atoms with E-state index in [1.165, 1.54) is 0 Å². The van der Waals surface area contributed by atoms with Crippen molar-refractivity contribution in [2.75, 3.05) is 12.3 Å². The molecule has 12 heavy (non-hydrogen) atoms. The second kappa shape index (κ2) is 2.79. The first kappa shape index (κ1) is 7.61. The summed E-state index contributed by atoms with van der Waals surface area (Å²) in [5.41, 5.74) is 6.62. The first-order valence-electron chi connectivity index (χ1n) is 4.18. The number of ether oxygens (including phenoxy) is 1. The van der Waals surface area contributed by atoms with Crippen molar-refractivity contribution in [3.63, 3.8) is 0 Å². The van der Waals surface area contributed by atoms with E-state index in [2.05, 4.69) is 5.10 Å². The van der Waals surface area contributed by atoms with Gasteiger partial charge in [-0.15, -0.1) is 0 Å². The molecule has 1 aromatic rings. The lowest BCUT2D eigenvalue weighted by atomic mass is 10.2. The van der Waals surface area contributed by atoms with Crippen molar-refractivity contribution in [2.24, 2.45) is 7.05 Å². The second-order valence-corrected chi connectivity index (χ2v) is 3.12. The molecule has 4 nitrogen and oxygen atoms in total. The van der Waals surface area contributed by atoms with Crippen molar-refractivity contribution in [3.8, 4) is 0 Å². The number of hydrogen-bond donors (Lipinski definition) is 1. The lowest BCUT2D eigenvalue weighted by molar-refractivity contribution is 0.108. The summed E-state index contributed by atoms with van der Waals surface area (Å²) in [5.74, 6) is 0.695. The first-order valence-corrected chi connectivity index (χ1v) is 4.18. The fourth-order valence-corrected chi connectivity index (χ4v) is 1.47. The van der Waals surface area contributed by atoms with Crippen LogP contribution in [-0.4, -0.2) is 16.4 Å². The van der Waals surface area contributed by atoms with Gasteiger partial charge < -0.3 is 10.5 Å². The van der Waals surface area contributed by atoms with Gasteiger partial charge in [0.1, 0.15) is 11.9 Å². The van der Waals surface area contributed by atoms with Crippen LogP contribution in [0.3, 0.4) is 0 Å². The zero-order valence-corrected chi connectivity index (χ0v) is 7.16. The summed E-state index contributed by atoms with van der Waals surface area (Å²) in [5, 5.41) is 4.26. The van der Waals surface area contributed by atoms with Crippen molar-refractivity contribution in [1.29, 1.82) is 0 Å². The highest BCUT2D eigenvalue weighted by atomic mass is 16.5. The minimum absolute atomic E-state index is 0.175. The summed E-state index contributed by atoms with van der Waals surface area (Å²) < 4.78 is 7.15. The van der Waals surface area contributed by atoms with E-state index < -0.39 is 0 Å². The monoisotopic (exact) mass is 167 g/mol. The Morgan fingerprint density at radius 1 is 1.75 bits per heavy atom. The Morgan fingerprint density at radius 2 is 2.58 bits per heavy atom. The molecule has 2 heterocycles. The third-order valence-corrected chi connectivity index (χ3v) is 2.19. The molecule has 4 heteroatoms. The van der Waals surface area contributed by atoms with Crippen molar-refractivity contribution in [3.05, 3.63) is 11.8 Å². The van der Waals surface area contributed by atoms with Gasteiger partial charge in [0.05, 0.1) is 5.69 Å². The number of rotatable bonds is 1. The number of aryl methyl sites for hydroxylation is 1. The number of nitrogens with two attached hydrogens (primary N) is 1. The molecule has 0 saturated carbocycles. The minimum atomic E-state index is 0.175. The summed E-state index contributed by atoms with van der Waals surface area (Å²) in [6, 6.07) is 1.88. The van der Waals surface area contributed by atoms with Crippen molar-refractivity contribution in [1.82, 2.24) is 9.78 Å². The van der Waals surface area contributed by atoms with E-state index in [0.29, 0.717) is 5.82 Å². The Kier molecular flexibility index (Phi) is 1.77. The van der Waals surface area contributed by atoms with E-state index in [4.69, 9.17) is 10.5 Å². The third-order valence-electron chi connectivity index (χ3n) is 2.19. The summed E-state index contributed by atoms with van der Waals surface area (Å²) in [6.45, 7) is 0.848. The van der Waals surface area contributed by atoms with Gasteiger partial charge in [0.25, 0.3) is 0 Å². The summed E-state index contributed by atoms with van der Waals surface area (Å²) in [7, 11) is 1.84. The van der Waals surface area contributed by atoms with Crippen LogP contribution in [-0.2, 0) is 11.8 Å². The zero-order valence-electron chi connectivity index (χ0n) is 7.16. The highest BCUT2D eigenvalue weighted by Gasteiger charge is 2.20. The molecule has 0 aromatic carbocycles. The van der Waals surface area contributed by atoms with Crippen LogP contribution in [0.1, 0.15) is 24.6 Å². The zero-order chi connectivity index (χ0) is 8.55. The van der Waals surface area contributed by atoms with Gasteiger partial charge >= 0.3 is 0 Å². The molecule has 1 saturated heterocycles. The summed E-state index contributed by atoms with van der Waals surface area (Å²) in [6.07, 6.45) is 2.37. The van der Waals surface area contributed by atoms with E-state index in [9.17, 15) is 0 Å². The molecule has 1 fully saturated rings. The molecule has 1 atom stereocenters. The Balaban J connectivity index is 2.21. The Bertz CT molecular complexity index is 256. The number of nitrogen functional groups attached to an aromatic ring is 1. The van der Waals surface area contributed by atoms with Gasteiger partial charge in [-0.1, -0.05) is 0 Å². The lowest BCUT2D eigenvalue weighted by Crippen LogP contribution is -1.99. The topological polar surface area (TPSA) is 53.1 Å². The average molecular weight is 167 g/mol. The first-order chi connectivity index (χ1) is 5.77. The Hall–Kier alpha value is -1.03. The van der Waals surface area contributed by atoms with Gasteiger partial charge in [0.15, 0.2) is 0 Å². The second-order valence-electron chi connectivity index (χ2n) is 3.12. The smallest absolute Gasteiger partial charge is 0.121 e.